The van der Waals surface area contributed by atoms with E-state index < -0.39 is 0 Å². The van der Waals surface area contributed by atoms with Crippen LogP contribution in [-0.4, -0.2) is 18.1 Å². The highest BCUT2D eigenvalue weighted by atomic mass is 19.1. The third kappa shape index (κ3) is 4.75. The average Bonchev–Trinajstić information content (AvgIpc) is 2.38. The highest BCUT2D eigenvalue weighted by molar-refractivity contribution is 5.40. The van der Waals surface area contributed by atoms with Gasteiger partial charge in [-0.2, -0.15) is 0 Å². The second-order valence-corrected chi connectivity index (χ2v) is 5.95. The molecule has 0 aliphatic heterocycles. The third-order valence-corrected chi connectivity index (χ3v) is 3.75. The van der Waals surface area contributed by atoms with Crippen LogP contribution in [0.2, 0.25) is 0 Å². The van der Waals surface area contributed by atoms with E-state index in [1.807, 2.05) is 6.92 Å². The Morgan fingerprint density at radius 2 is 1.85 bits per heavy atom. The summed E-state index contributed by atoms with van der Waals surface area (Å²) < 4.78 is 14.3. The van der Waals surface area contributed by atoms with Crippen molar-refractivity contribution in [1.82, 2.24) is 10.3 Å². The van der Waals surface area contributed by atoms with Gasteiger partial charge in [0.05, 0.1) is 0 Å². The minimum atomic E-state index is -0.236. The second kappa shape index (κ2) is 8.20. The van der Waals surface area contributed by atoms with E-state index in [4.69, 9.17) is 0 Å². The van der Waals surface area contributed by atoms with Gasteiger partial charge in [-0.05, 0) is 30.4 Å². The maximum absolute atomic E-state index is 14.3. The molecule has 1 heterocycles. The first kappa shape index (κ1) is 16.9. The van der Waals surface area contributed by atoms with E-state index in [2.05, 4.69) is 43.3 Å². The fourth-order valence-electron chi connectivity index (χ4n) is 2.46. The number of anilines is 1. The van der Waals surface area contributed by atoms with Crippen LogP contribution in [0.25, 0.3) is 0 Å². The largest absolute Gasteiger partial charge is 0.367 e. The summed E-state index contributed by atoms with van der Waals surface area (Å²) in [5, 5.41) is 6.32. The molecule has 0 fully saturated rings. The number of rotatable bonds is 8. The van der Waals surface area contributed by atoms with Crippen LogP contribution in [0, 0.1) is 23.6 Å². The van der Waals surface area contributed by atoms with Gasteiger partial charge in [-0.3, -0.25) is 0 Å². The molecule has 20 heavy (non-hydrogen) atoms. The number of nitrogens with one attached hydrogen (secondary N) is 2. The molecule has 0 aliphatic carbocycles. The van der Waals surface area contributed by atoms with E-state index in [0.29, 0.717) is 35.7 Å². The van der Waals surface area contributed by atoms with Crippen molar-refractivity contribution in [3.8, 4) is 0 Å². The number of halogens is 1. The van der Waals surface area contributed by atoms with Gasteiger partial charge in [-0.15, -0.1) is 0 Å². The molecule has 2 N–H and O–H groups in total. The van der Waals surface area contributed by atoms with Gasteiger partial charge in [0.2, 0.25) is 0 Å². The maximum atomic E-state index is 14.3. The van der Waals surface area contributed by atoms with Crippen molar-refractivity contribution < 1.29 is 4.39 Å². The van der Waals surface area contributed by atoms with Crippen LogP contribution in [0.5, 0.6) is 0 Å². The van der Waals surface area contributed by atoms with Crippen LogP contribution in [0.3, 0.4) is 0 Å². The van der Waals surface area contributed by atoms with Gasteiger partial charge in [0.1, 0.15) is 0 Å². The predicted octanol–water partition coefficient (Wildman–Crippen LogP) is 3.67. The monoisotopic (exact) mass is 281 g/mol. The quantitative estimate of drug-likeness (QED) is 0.763. The van der Waals surface area contributed by atoms with Crippen LogP contribution in [-0.2, 0) is 6.54 Å². The van der Waals surface area contributed by atoms with Gasteiger partial charge < -0.3 is 10.6 Å². The zero-order chi connectivity index (χ0) is 15.1. The smallest absolute Gasteiger partial charge is 0.169 e. The molecule has 0 amide bonds. The Kier molecular flexibility index (Phi) is 6.93. The van der Waals surface area contributed by atoms with Crippen molar-refractivity contribution in [2.75, 3.05) is 18.4 Å². The first-order chi connectivity index (χ1) is 9.47. The molecule has 0 aromatic carbocycles. The van der Waals surface area contributed by atoms with E-state index in [1.54, 1.807) is 12.3 Å². The molecule has 0 saturated carbocycles. The van der Waals surface area contributed by atoms with Crippen molar-refractivity contribution in [1.29, 1.82) is 0 Å². The van der Waals surface area contributed by atoms with Crippen LogP contribution in [0.4, 0.5) is 10.2 Å². The lowest BCUT2D eigenvalue weighted by atomic mass is 9.85. The number of hydrogen-bond acceptors (Lipinski definition) is 3. The van der Waals surface area contributed by atoms with Crippen LogP contribution >= 0.6 is 0 Å². The van der Waals surface area contributed by atoms with Crippen molar-refractivity contribution in [3.63, 3.8) is 0 Å². The zero-order valence-electron chi connectivity index (χ0n) is 13.3. The van der Waals surface area contributed by atoms with Gasteiger partial charge in [-0.1, -0.05) is 34.6 Å². The van der Waals surface area contributed by atoms with Gasteiger partial charge >= 0.3 is 0 Å². The van der Waals surface area contributed by atoms with E-state index >= 15 is 0 Å². The Hall–Kier alpha value is -1.16. The van der Waals surface area contributed by atoms with Gasteiger partial charge in [0, 0.05) is 24.8 Å². The summed E-state index contributed by atoms with van der Waals surface area (Å²) in [7, 11) is 0. The lowest BCUT2D eigenvalue weighted by Gasteiger charge is -2.25. The van der Waals surface area contributed by atoms with Crippen molar-refractivity contribution >= 4 is 5.82 Å². The van der Waals surface area contributed by atoms with Crippen LogP contribution in [0.1, 0.15) is 40.2 Å². The summed E-state index contributed by atoms with van der Waals surface area (Å²) in [6.07, 6.45) is 1.66. The maximum Gasteiger partial charge on any atom is 0.169 e. The minimum absolute atomic E-state index is 0.236. The Morgan fingerprint density at radius 3 is 2.40 bits per heavy atom. The molecule has 3 nitrogen and oxygen atoms in total. The Balaban J connectivity index is 2.72. The van der Waals surface area contributed by atoms with Crippen molar-refractivity contribution in [3.05, 3.63) is 23.6 Å². The first-order valence-corrected chi connectivity index (χ1v) is 7.55. The standard InChI is InChI=1S/C16H28FN3/c1-6-18-9-13-7-8-19-16(15(13)17)20-10-14(11(2)3)12(4)5/h7-8,11-12,14,18H,6,9-10H2,1-5H3,(H,19,20). The van der Waals surface area contributed by atoms with Crippen LogP contribution < -0.4 is 10.6 Å². The van der Waals surface area contributed by atoms with E-state index in [1.165, 1.54) is 0 Å². The Morgan fingerprint density at radius 1 is 1.20 bits per heavy atom. The predicted molar refractivity (Wildman–Crippen MR) is 83.2 cm³/mol. The summed E-state index contributed by atoms with van der Waals surface area (Å²) >= 11 is 0. The summed E-state index contributed by atoms with van der Waals surface area (Å²) in [6, 6.07) is 1.73. The molecule has 0 saturated heterocycles. The molecular formula is C16H28FN3. The molecular weight excluding hydrogens is 253 g/mol. The van der Waals surface area contributed by atoms with Gasteiger partial charge in [-0.25, -0.2) is 9.37 Å². The van der Waals surface area contributed by atoms with Crippen molar-refractivity contribution in [2.24, 2.45) is 17.8 Å². The topological polar surface area (TPSA) is 37.0 Å². The van der Waals surface area contributed by atoms with Crippen LogP contribution in [0.15, 0.2) is 12.3 Å². The number of aromatic nitrogens is 1. The molecule has 0 radical (unpaired) electrons. The summed E-state index contributed by atoms with van der Waals surface area (Å²) in [6.45, 7) is 13.0. The lowest BCUT2D eigenvalue weighted by molar-refractivity contribution is 0.304. The molecule has 0 aliphatic rings. The Labute approximate surface area is 122 Å². The molecule has 114 valence electrons. The van der Waals surface area contributed by atoms with Gasteiger partial charge in [0.15, 0.2) is 11.6 Å². The number of hydrogen-bond donors (Lipinski definition) is 2. The molecule has 0 bridgehead atoms. The van der Waals surface area contributed by atoms with Crippen molar-refractivity contribution in [2.45, 2.75) is 41.2 Å². The Bertz CT molecular complexity index is 397. The summed E-state index contributed by atoms with van der Waals surface area (Å²) in [4.78, 5) is 4.12. The highest BCUT2D eigenvalue weighted by Gasteiger charge is 2.18. The molecule has 4 heteroatoms. The highest BCUT2D eigenvalue weighted by Crippen LogP contribution is 2.22. The first-order valence-electron chi connectivity index (χ1n) is 7.55. The fourth-order valence-corrected chi connectivity index (χ4v) is 2.46. The van der Waals surface area contributed by atoms with E-state index in [9.17, 15) is 4.39 Å². The normalized spacial score (nSPS) is 11.7. The molecule has 0 spiro atoms. The zero-order valence-corrected chi connectivity index (χ0v) is 13.3. The minimum Gasteiger partial charge on any atom is -0.367 e. The summed E-state index contributed by atoms with van der Waals surface area (Å²) in [5.74, 6) is 1.77. The fraction of sp³-hybridized carbons (Fsp3) is 0.688. The molecule has 1 aromatic rings. The lowest BCUT2D eigenvalue weighted by Crippen LogP contribution is -2.25. The van der Waals surface area contributed by atoms with E-state index in [0.717, 1.165) is 13.1 Å². The van der Waals surface area contributed by atoms with Gasteiger partial charge in [0.25, 0.3) is 0 Å². The number of pyridine rings is 1. The number of nitrogens with zero attached hydrogens (tertiary/aromatic N) is 1. The van der Waals surface area contributed by atoms with E-state index in [-0.39, 0.29) is 5.82 Å². The molecule has 1 aromatic heterocycles. The third-order valence-electron chi connectivity index (χ3n) is 3.75. The summed E-state index contributed by atoms with van der Waals surface area (Å²) in [5.41, 5.74) is 0.662. The molecule has 0 unspecified atom stereocenters. The molecule has 1 rings (SSSR count). The average molecular weight is 281 g/mol. The SMILES string of the molecule is CCNCc1ccnc(NCC(C(C)C)C(C)C)c1F. The second-order valence-electron chi connectivity index (χ2n) is 5.95. The molecule has 0 atom stereocenters.